The molecule has 0 spiro atoms. The molecule has 3 heteroatoms. The van der Waals surface area contributed by atoms with Crippen molar-refractivity contribution in [3.63, 3.8) is 0 Å². The van der Waals surface area contributed by atoms with E-state index in [1.165, 1.54) is 5.56 Å². The molecule has 1 aliphatic carbocycles. The summed E-state index contributed by atoms with van der Waals surface area (Å²) in [5.41, 5.74) is 1.54. The molecule has 2 rings (SSSR count). The summed E-state index contributed by atoms with van der Waals surface area (Å²) in [5.74, 6) is 0. The Bertz CT molecular complexity index is 361. The van der Waals surface area contributed by atoms with E-state index in [1.54, 1.807) is 0 Å². The Morgan fingerprint density at radius 2 is 2.00 bits per heavy atom. The van der Waals surface area contributed by atoms with E-state index in [9.17, 15) is 0 Å². The van der Waals surface area contributed by atoms with E-state index in [2.05, 4.69) is 59.4 Å². The summed E-state index contributed by atoms with van der Waals surface area (Å²) in [5, 5.41) is 3.89. The molecule has 1 saturated carbocycles. The zero-order valence-corrected chi connectivity index (χ0v) is 12.0. The van der Waals surface area contributed by atoms with Gasteiger partial charge in [0.05, 0.1) is 0 Å². The number of halogens is 2. The molecular weight excluding hydrogens is 286 g/mol. The maximum Gasteiger partial charge on any atom is 0.0416 e. The van der Waals surface area contributed by atoms with Crippen LogP contribution in [0, 0.1) is 5.41 Å². The normalized spacial score (nSPS) is 27.5. The van der Waals surface area contributed by atoms with Crippen LogP contribution in [0.3, 0.4) is 0 Å². The molecular formula is C13H17BrClN. The van der Waals surface area contributed by atoms with Crippen LogP contribution in [0.5, 0.6) is 0 Å². The first-order valence-corrected chi connectivity index (χ1v) is 6.85. The van der Waals surface area contributed by atoms with Crippen molar-refractivity contribution in [3.8, 4) is 0 Å². The molecule has 0 bridgehead atoms. The van der Waals surface area contributed by atoms with E-state index < -0.39 is 0 Å². The van der Waals surface area contributed by atoms with Crippen molar-refractivity contribution in [1.29, 1.82) is 0 Å². The van der Waals surface area contributed by atoms with Crippen molar-refractivity contribution in [1.82, 2.24) is 5.32 Å². The van der Waals surface area contributed by atoms with Crippen LogP contribution in [0.15, 0.2) is 28.7 Å². The van der Waals surface area contributed by atoms with Crippen molar-refractivity contribution in [2.75, 3.05) is 0 Å². The second kappa shape index (κ2) is 4.67. The molecule has 0 aliphatic heterocycles. The van der Waals surface area contributed by atoms with Crippen molar-refractivity contribution in [2.45, 2.75) is 38.2 Å². The molecule has 0 saturated heterocycles. The van der Waals surface area contributed by atoms with Crippen molar-refractivity contribution in [3.05, 3.63) is 34.3 Å². The monoisotopic (exact) mass is 301 g/mol. The third-order valence-corrected chi connectivity index (χ3v) is 4.88. The highest BCUT2D eigenvalue weighted by Crippen LogP contribution is 2.44. The molecule has 2 atom stereocenters. The minimum absolute atomic E-state index is 0.219. The smallest absolute Gasteiger partial charge is 0.0416 e. The molecule has 0 aromatic heterocycles. The second-order valence-electron chi connectivity index (χ2n) is 5.08. The van der Waals surface area contributed by atoms with Crippen molar-refractivity contribution < 1.29 is 0 Å². The summed E-state index contributed by atoms with van der Waals surface area (Å²) in [6.07, 6.45) is 1.07. The number of rotatable bonds is 3. The molecule has 1 aliphatic rings. The van der Waals surface area contributed by atoms with Gasteiger partial charge in [0.2, 0.25) is 0 Å². The van der Waals surface area contributed by atoms with Crippen molar-refractivity contribution in [2.24, 2.45) is 5.41 Å². The number of nitrogens with one attached hydrogen (secondary N) is 1. The lowest BCUT2D eigenvalue weighted by atomic mass is 9.67. The predicted molar refractivity (Wildman–Crippen MR) is 72.8 cm³/mol. The summed E-state index contributed by atoms with van der Waals surface area (Å²) in [4.78, 5) is 0. The first-order chi connectivity index (χ1) is 7.50. The summed E-state index contributed by atoms with van der Waals surface area (Å²) in [6.45, 7) is 5.38. The van der Waals surface area contributed by atoms with Gasteiger partial charge in [0.15, 0.2) is 0 Å². The first-order valence-electron chi connectivity index (χ1n) is 5.62. The average molecular weight is 303 g/mol. The molecule has 0 amide bonds. The Kier molecular flexibility index (Phi) is 3.62. The predicted octanol–water partition coefficient (Wildman–Crippen LogP) is 3.94. The lowest BCUT2D eigenvalue weighted by Crippen LogP contribution is -2.57. The van der Waals surface area contributed by atoms with Crippen LogP contribution in [-0.4, -0.2) is 11.4 Å². The maximum absolute atomic E-state index is 6.19. The summed E-state index contributed by atoms with van der Waals surface area (Å²) in [6, 6.07) is 8.97. The molecule has 2 unspecified atom stereocenters. The molecule has 1 aromatic rings. The zero-order chi connectivity index (χ0) is 11.8. The molecule has 1 nitrogen and oxygen atoms in total. The zero-order valence-electron chi connectivity index (χ0n) is 9.63. The van der Waals surface area contributed by atoms with Crippen LogP contribution >= 0.6 is 27.5 Å². The van der Waals surface area contributed by atoms with Crippen LogP contribution in [-0.2, 0) is 6.54 Å². The molecule has 16 heavy (non-hydrogen) atoms. The molecule has 88 valence electrons. The van der Waals surface area contributed by atoms with E-state index in [1.807, 2.05) is 0 Å². The van der Waals surface area contributed by atoms with E-state index in [-0.39, 0.29) is 5.41 Å². The van der Waals surface area contributed by atoms with Crippen molar-refractivity contribution >= 4 is 27.5 Å². The lowest BCUT2D eigenvalue weighted by Gasteiger charge is -2.49. The fourth-order valence-electron chi connectivity index (χ4n) is 2.06. The number of hydrogen-bond donors (Lipinski definition) is 1. The quantitative estimate of drug-likeness (QED) is 0.834. The van der Waals surface area contributed by atoms with E-state index in [0.717, 1.165) is 17.4 Å². The van der Waals surface area contributed by atoms with Crippen LogP contribution in [0.2, 0.25) is 0 Å². The minimum Gasteiger partial charge on any atom is -0.309 e. The Morgan fingerprint density at radius 1 is 1.38 bits per heavy atom. The summed E-state index contributed by atoms with van der Waals surface area (Å²) < 4.78 is 1.13. The first kappa shape index (κ1) is 12.4. The minimum atomic E-state index is 0.219. The topological polar surface area (TPSA) is 12.0 Å². The third kappa shape index (κ3) is 2.44. The standard InChI is InChI=1S/C13H17BrClN/c1-13(2)11(15)7-12(13)16-8-9-3-5-10(14)6-4-9/h3-6,11-12,16H,7-8H2,1-2H3. The molecule has 1 aromatic carbocycles. The molecule has 1 N–H and O–H groups in total. The highest BCUT2D eigenvalue weighted by molar-refractivity contribution is 9.10. The second-order valence-corrected chi connectivity index (χ2v) is 6.53. The van der Waals surface area contributed by atoms with Crippen LogP contribution in [0.1, 0.15) is 25.8 Å². The number of hydrogen-bond acceptors (Lipinski definition) is 1. The van der Waals surface area contributed by atoms with E-state index in [0.29, 0.717) is 11.4 Å². The number of benzene rings is 1. The van der Waals surface area contributed by atoms with Crippen LogP contribution in [0.4, 0.5) is 0 Å². The van der Waals surface area contributed by atoms with E-state index in [4.69, 9.17) is 11.6 Å². The van der Waals surface area contributed by atoms with Gasteiger partial charge in [0.25, 0.3) is 0 Å². The van der Waals surface area contributed by atoms with Gasteiger partial charge in [-0.3, -0.25) is 0 Å². The van der Waals surface area contributed by atoms with Gasteiger partial charge in [0, 0.05) is 22.4 Å². The van der Waals surface area contributed by atoms with Gasteiger partial charge in [-0.05, 0) is 29.5 Å². The van der Waals surface area contributed by atoms with Gasteiger partial charge in [-0.2, -0.15) is 0 Å². The molecule has 0 radical (unpaired) electrons. The Morgan fingerprint density at radius 3 is 2.50 bits per heavy atom. The Labute approximate surface area is 111 Å². The fraction of sp³-hybridized carbons (Fsp3) is 0.538. The van der Waals surface area contributed by atoms with Gasteiger partial charge < -0.3 is 5.32 Å². The Hall–Kier alpha value is -0.0500. The lowest BCUT2D eigenvalue weighted by molar-refractivity contribution is 0.115. The average Bonchev–Trinajstić information content (AvgIpc) is 2.26. The number of alkyl halides is 1. The van der Waals surface area contributed by atoms with Gasteiger partial charge >= 0.3 is 0 Å². The van der Waals surface area contributed by atoms with Gasteiger partial charge in [-0.1, -0.05) is 41.9 Å². The SMILES string of the molecule is CC1(C)C(Cl)CC1NCc1ccc(Br)cc1. The molecule has 1 fully saturated rings. The summed E-state index contributed by atoms with van der Waals surface area (Å²) in [7, 11) is 0. The Balaban J connectivity index is 1.87. The largest absolute Gasteiger partial charge is 0.309 e. The highest BCUT2D eigenvalue weighted by Gasteiger charge is 2.46. The summed E-state index contributed by atoms with van der Waals surface area (Å²) >= 11 is 9.63. The molecule has 0 heterocycles. The third-order valence-electron chi connectivity index (χ3n) is 3.61. The van der Waals surface area contributed by atoms with Gasteiger partial charge in [-0.15, -0.1) is 11.6 Å². The van der Waals surface area contributed by atoms with Gasteiger partial charge in [0.1, 0.15) is 0 Å². The van der Waals surface area contributed by atoms with Crippen LogP contribution in [0.25, 0.3) is 0 Å². The van der Waals surface area contributed by atoms with Gasteiger partial charge in [-0.25, -0.2) is 0 Å². The maximum atomic E-state index is 6.19. The van der Waals surface area contributed by atoms with E-state index >= 15 is 0 Å². The van der Waals surface area contributed by atoms with Crippen LogP contribution < -0.4 is 5.32 Å². The fourth-order valence-corrected chi connectivity index (χ4v) is 2.66. The highest BCUT2D eigenvalue weighted by atomic mass is 79.9.